The van der Waals surface area contributed by atoms with E-state index in [1.165, 1.54) is 5.56 Å². The van der Waals surface area contributed by atoms with Crippen LogP contribution in [-0.4, -0.2) is 24.2 Å². The summed E-state index contributed by atoms with van der Waals surface area (Å²) in [5, 5.41) is 5.94. The third-order valence-corrected chi connectivity index (χ3v) is 4.83. The lowest BCUT2D eigenvalue weighted by molar-refractivity contribution is 0.0977. The molecule has 2 N–H and O–H groups in total. The first-order chi connectivity index (χ1) is 15.6. The molecule has 0 aliphatic heterocycles. The zero-order valence-electron chi connectivity index (χ0n) is 18.2. The number of benzene rings is 3. The minimum Gasteiger partial charge on any atom is -0.494 e. The van der Waals surface area contributed by atoms with Gasteiger partial charge in [-0.2, -0.15) is 0 Å². The Morgan fingerprint density at radius 2 is 1.62 bits per heavy atom. The molecular weight excluding hydrogens is 420 g/mol. The molecular formula is C26H28N2O3S. The van der Waals surface area contributed by atoms with E-state index in [0.29, 0.717) is 24.5 Å². The molecule has 0 bridgehead atoms. The first kappa shape index (κ1) is 23.3. The summed E-state index contributed by atoms with van der Waals surface area (Å²) in [6.45, 7) is 3.29. The molecule has 5 nitrogen and oxygen atoms in total. The molecule has 0 atom stereocenters. The quantitative estimate of drug-likeness (QED) is 0.312. The zero-order valence-corrected chi connectivity index (χ0v) is 19.0. The number of carbonyl (C=O) groups excluding carboxylic acids is 1. The minimum absolute atomic E-state index is 0.228. The predicted octanol–water partition coefficient (Wildman–Crippen LogP) is 5.61. The lowest BCUT2D eigenvalue weighted by Gasteiger charge is -2.11. The summed E-state index contributed by atoms with van der Waals surface area (Å²) < 4.78 is 11.4. The van der Waals surface area contributed by atoms with Crippen LogP contribution in [0.3, 0.4) is 0 Å². The molecule has 166 valence electrons. The number of nitrogens with one attached hydrogen (secondary N) is 2. The number of carbonyl (C=O) groups is 1. The van der Waals surface area contributed by atoms with Gasteiger partial charge < -0.3 is 14.8 Å². The van der Waals surface area contributed by atoms with Crippen LogP contribution in [0.5, 0.6) is 11.5 Å². The van der Waals surface area contributed by atoms with Gasteiger partial charge in [0, 0.05) is 11.3 Å². The molecule has 3 rings (SSSR count). The smallest absolute Gasteiger partial charge is 0.257 e. The maximum atomic E-state index is 12.5. The third kappa shape index (κ3) is 7.71. The number of anilines is 1. The third-order valence-electron chi connectivity index (χ3n) is 4.63. The SMILES string of the molecule is CCCOc1cccc(C(=O)NC(=S)Nc2ccc(OCCCc3ccccc3)cc2)c1. The summed E-state index contributed by atoms with van der Waals surface area (Å²) in [5.74, 6) is 1.17. The van der Waals surface area contributed by atoms with Crippen molar-refractivity contribution in [1.29, 1.82) is 0 Å². The summed E-state index contributed by atoms with van der Waals surface area (Å²) >= 11 is 5.27. The number of hydrogen-bond donors (Lipinski definition) is 2. The van der Waals surface area contributed by atoms with Gasteiger partial charge in [0.25, 0.3) is 5.91 Å². The van der Waals surface area contributed by atoms with Crippen molar-refractivity contribution in [3.8, 4) is 11.5 Å². The van der Waals surface area contributed by atoms with Crippen LogP contribution < -0.4 is 20.1 Å². The Kier molecular flexibility index (Phi) is 9.07. The summed E-state index contributed by atoms with van der Waals surface area (Å²) in [6.07, 6.45) is 2.84. The Morgan fingerprint density at radius 3 is 2.38 bits per heavy atom. The molecule has 0 fully saturated rings. The first-order valence-electron chi connectivity index (χ1n) is 10.8. The molecule has 3 aromatic rings. The Morgan fingerprint density at radius 1 is 0.875 bits per heavy atom. The maximum Gasteiger partial charge on any atom is 0.257 e. The number of ether oxygens (including phenoxy) is 2. The van der Waals surface area contributed by atoms with Crippen molar-refractivity contribution in [3.05, 3.63) is 90.0 Å². The summed E-state index contributed by atoms with van der Waals surface area (Å²) in [6, 6.07) is 24.9. The van der Waals surface area contributed by atoms with Crippen molar-refractivity contribution in [3.63, 3.8) is 0 Å². The Balaban J connectivity index is 1.42. The molecule has 0 saturated carbocycles. The Hall–Kier alpha value is -3.38. The first-order valence-corrected chi connectivity index (χ1v) is 11.2. The molecule has 0 aliphatic carbocycles. The molecule has 32 heavy (non-hydrogen) atoms. The number of aryl methyl sites for hydroxylation is 1. The summed E-state index contributed by atoms with van der Waals surface area (Å²) in [4.78, 5) is 12.5. The van der Waals surface area contributed by atoms with Crippen LogP contribution in [-0.2, 0) is 6.42 Å². The summed E-state index contributed by atoms with van der Waals surface area (Å²) in [7, 11) is 0. The molecule has 0 unspecified atom stereocenters. The van der Waals surface area contributed by atoms with Gasteiger partial charge >= 0.3 is 0 Å². The number of hydrogen-bond acceptors (Lipinski definition) is 4. The van der Waals surface area contributed by atoms with Crippen molar-refractivity contribution in [1.82, 2.24) is 5.32 Å². The molecule has 0 spiro atoms. The second-order valence-electron chi connectivity index (χ2n) is 7.25. The molecule has 0 aliphatic rings. The predicted molar refractivity (Wildman–Crippen MR) is 133 cm³/mol. The van der Waals surface area contributed by atoms with Crippen LogP contribution in [0.4, 0.5) is 5.69 Å². The standard InChI is InChI=1S/C26H28N2O3S/c1-2-17-30-24-12-6-11-21(19-24)25(29)28-26(32)27-22-13-15-23(16-14-22)31-18-7-10-20-8-4-3-5-9-20/h3-6,8-9,11-16,19H,2,7,10,17-18H2,1H3,(H2,27,28,29,32). The highest BCUT2D eigenvalue weighted by atomic mass is 32.1. The van der Waals surface area contributed by atoms with E-state index < -0.39 is 0 Å². The maximum absolute atomic E-state index is 12.5. The molecule has 1 amide bonds. The van der Waals surface area contributed by atoms with Crippen molar-refractivity contribution < 1.29 is 14.3 Å². The van der Waals surface area contributed by atoms with Crippen molar-refractivity contribution in [2.24, 2.45) is 0 Å². The normalized spacial score (nSPS) is 10.3. The molecule has 0 aromatic heterocycles. The van der Waals surface area contributed by atoms with Gasteiger partial charge in [-0.3, -0.25) is 10.1 Å². The summed E-state index contributed by atoms with van der Waals surface area (Å²) in [5.41, 5.74) is 2.57. The van der Waals surface area contributed by atoms with Crippen molar-refractivity contribution >= 4 is 28.9 Å². The van der Waals surface area contributed by atoms with Crippen molar-refractivity contribution in [2.75, 3.05) is 18.5 Å². The fourth-order valence-corrected chi connectivity index (χ4v) is 3.24. The average Bonchev–Trinajstić information content (AvgIpc) is 2.82. The molecule has 6 heteroatoms. The monoisotopic (exact) mass is 448 g/mol. The lowest BCUT2D eigenvalue weighted by Crippen LogP contribution is -2.34. The zero-order chi connectivity index (χ0) is 22.6. The van der Waals surface area contributed by atoms with E-state index in [0.717, 1.165) is 30.7 Å². The van der Waals surface area contributed by atoms with E-state index >= 15 is 0 Å². The van der Waals surface area contributed by atoms with Gasteiger partial charge in [-0.15, -0.1) is 0 Å². The average molecular weight is 449 g/mol. The van der Waals surface area contributed by atoms with E-state index in [4.69, 9.17) is 21.7 Å². The second kappa shape index (κ2) is 12.5. The van der Waals surface area contributed by atoms with Crippen LogP contribution in [0.2, 0.25) is 0 Å². The van der Waals surface area contributed by atoms with E-state index in [1.807, 2.05) is 55.5 Å². The fraction of sp³-hybridized carbons (Fsp3) is 0.231. The van der Waals surface area contributed by atoms with Crippen LogP contribution in [0, 0.1) is 0 Å². The van der Waals surface area contributed by atoms with Gasteiger partial charge in [-0.1, -0.05) is 43.3 Å². The van der Waals surface area contributed by atoms with Gasteiger partial charge in [-0.25, -0.2) is 0 Å². The highest BCUT2D eigenvalue weighted by Gasteiger charge is 2.09. The van der Waals surface area contributed by atoms with Gasteiger partial charge in [-0.05, 0) is 79.5 Å². The Bertz CT molecular complexity index is 1010. The van der Waals surface area contributed by atoms with Gasteiger partial charge in [0.2, 0.25) is 0 Å². The Labute approximate surface area is 194 Å². The van der Waals surface area contributed by atoms with Crippen LogP contribution in [0.25, 0.3) is 0 Å². The van der Waals surface area contributed by atoms with Gasteiger partial charge in [0.15, 0.2) is 5.11 Å². The van der Waals surface area contributed by atoms with Gasteiger partial charge in [0.05, 0.1) is 13.2 Å². The lowest BCUT2D eigenvalue weighted by atomic mass is 10.1. The molecule has 3 aromatic carbocycles. The largest absolute Gasteiger partial charge is 0.494 e. The minimum atomic E-state index is -0.289. The highest BCUT2D eigenvalue weighted by Crippen LogP contribution is 2.17. The number of thiocarbonyl (C=S) groups is 1. The number of rotatable bonds is 10. The molecule has 0 radical (unpaired) electrons. The van der Waals surface area contributed by atoms with Gasteiger partial charge in [0.1, 0.15) is 11.5 Å². The highest BCUT2D eigenvalue weighted by molar-refractivity contribution is 7.80. The van der Waals surface area contributed by atoms with E-state index in [1.54, 1.807) is 18.2 Å². The van der Waals surface area contributed by atoms with E-state index in [2.05, 4.69) is 22.8 Å². The van der Waals surface area contributed by atoms with Crippen LogP contribution >= 0.6 is 12.2 Å². The van der Waals surface area contributed by atoms with E-state index in [-0.39, 0.29) is 11.0 Å². The van der Waals surface area contributed by atoms with Crippen LogP contribution in [0.15, 0.2) is 78.9 Å². The van der Waals surface area contributed by atoms with Crippen molar-refractivity contribution in [2.45, 2.75) is 26.2 Å². The number of amides is 1. The fourth-order valence-electron chi connectivity index (χ4n) is 3.03. The molecule has 0 saturated heterocycles. The van der Waals surface area contributed by atoms with Crippen LogP contribution in [0.1, 0.15) is 35.7 Å². The molecule has 0 heterocycles. The second-order valence-corrected chi connectivity index (χ2v) is 7.65. The topological polar surface area (TPSA) is 59.6 Å². The van der Waals surface area contributed by atoms with E-state index in [9.17, 15) is 4.79 Å².